The molecule has 0 saturated heterocycles. The molecule has 2 unspecified atom stereocenters. The molecule has 1 heterocycles. The number of aromatic carboxylic acids is 1. The third kappa shape index (κ3) is 3.09. The van der Waals surface area contributed by atoms with Crippen LogP contribution in [0.1, 0.15) is 62.8 Å². The smallest absolute Gasteiger partial charge is 0.335 e. The first-order valence-electron chi connectivity index (χ1n) is 7.72. The van der Waals surface area contributed by atoms with Crippen LogP contribution >= 0.6 is 0 Å². The number of benzene rings is 1. The van der Waals surface area contributed by atoms with Crippen LogP contribution in [0.15, 0.2) is 18.2 Å². The van der Waals surface area contributed by atoms with Crippen molar-refractivity contribution in [2.75, 3.05) is 0 Å². The molecule has 0 aliphatic carbocycles. The van der Waals surface area contributed by atoms with Gasteiger partial charge in [0.25, 0.3) is 0 Å². The second-order valence-electron chi connectivity index (χ2n) is 5.86. The molecule has 4 nitrogen and oxygen atoms in total. The molecule has 4 heteroatoms. The van der Waals surface area contributed by atoms with Gasteiger partial charge >= 0.3 is 5.97 Å². The zero-order valence-electron chi connectivity index (χ0n) is 13.3. The lowest BCUT2D eigenvalue weighted by Gasteiger charge is -2.20. The minimum absolute atomic E-state index is 0.296. The largest absolute Gasteiger partial charge is 0.478 e. The minimum atomic E-state index is -0.905. The van der Waals surface area contributed by atoms with E-state index in [1.54, 1.807) is 12.1 Å². The normalized spacial score (nSPS) is 14.3. The highest BCUT2D eigenvalue weighted by molar-refractivity contribution is 5.92. The summed E-state index contributed by atoms with van der Waals surface area (Å²) in [6, 6.07) is 5.59. The molecule has 2 aromatic rings. The van der Waals surface area contributed by atoms with Crippen LogP contribution in [0.5, 0.6) is 0 Å². The van der Waals surface area contributed by atoms with Crippen LogP contribution in [-0.4, -0.2) is 20.6 Å². The van der Waals surface area contributed by atoms with Gasteiger partial charge in [0.05, 0.1) is 16.6 Å². The molecular weight excluding hydrogens is 264 g/mol. The summed E-state index contributed by atoms with van der Waals surface area (Å²) in [5.41, 5.74) is 2.11. The van der Waals surface area contributed by atoms with Gasteiger partial charge in [-0.25, -0.2) is 9.78 Å². The number of carbonyl (C=O) groups is 1. The molecular formula is C17H24N2O2. The van der Waals surface area contributed by atoms with Gasteiger partial charge in [-0.05, 0) is 37.5 Å². The first-order valence-corrected chi connectivity index (χ1v) is 7.72. The topological polar surface area (TPSA) is 55.1 Å². The molecule has 0 aliphatic heterocycles. The second kappa shape index (κ2) is 6.29. The van der Waals surface area contributed by atoms with E-state index < -0.39 is 5.97 Å². The zero-order valence-corrected chi connectivity index (χ0v) is 13.3. The van der Waals surface area contributed by atoms with Gasteiger partial charge in [-0.3, -0.25) is 0 Å². The number of fused-ring (bicyclic) bond motifs is 1. The Morgan fingerprint density at radius 2 is 2.05 bits per heavy atom. The zero-order chi connectivity index (χ0) is 15.6. The molecule has 1 N–H and O–H groups in total. The molecule has 0 spiro atoms. The first-order chi connectivity index (χ1) is 9.97. The van der Waals surface area contributed by atoms with Crippen LogP contribution < -0.4 is 0 Å². The van der Waals surface area contributed by atoms with Crippen molar-refractivity contribution in [3.05, 3.63) is 29.6 Å². The molecule has 0 saturated carbocycles. The van der Waals surface area contributed by atoms with Crippen LogP contribution in [-0.2, 0) is 6.42 Å². The van der Waals surface area contributed by atoms with Gasteiger partial charge in [0.15, 0.2) is 0 Å². The van der Waals surface area contributed by atoms with Gasteiger partial charge in [0, 0.05) is 12.5 Å². The molecule has 0 radical (unpaired) electrons. The molecule has 0 amide bonds. The van der Waals surface area contributed by atoms with Crippen LogP contribution in [0.3, 0.4) is 0 Å². The van der Waals surface area contributed by atoms with E-state index in [1.165, 1.54) is 6.42 Å². The maximum absolute atomic E-state index is 11.1. The Balaban J connectivity index is 2.48. The van der Waals surface area contributed by atoms with Crippen molar-refractivity contribution >= 4 is 17.0 Å². The molecule has 0 fully saturated rings. The predicted octanol–water partition coefficient (Wildman–Crippen LogP) is 4.29. The van der Waals surface area contributed by atoms with Crippen LogP contribution in [0.25, 0.3) is 11.0 Å². The standard InChI is InChI=1S/C17H24N2O2/c1-5-11(3)9-12(4)19-15-8-7-13(17(20)21)10-14(15)18-16(19)6-2/h7-8,10-12H,5-6,9H2,1-4H3,(H,20,21). The first kappa shape index (κ1) is 15.5. The molecule has 2 rings (SSSR count). The van der Waals surface area contributed by atoms with Crippen molar-refractivity contribution in [3.63, 3.8) is 0 Å². The third-order valence-corrected chi connectivity index (χ3v) is 4.21. The van der Waals surface area contributed by atoms with Gasteiger partial charge in [0.2, 0.25) is 0 Å². The minimum Gasteiger partial charge on any atom is -0.478 e. The maximum Gasteiger partial charge on any atom is 0.335 e. The summed E-state index contributed by atoms with van der Waals surface area (Å²) in [6.07, 6.45) is 3.12. The summed E-state index contributed by atoms with van der Waals surface area (Å²) in [6.45, 7) is 8.79. The van der Waals surface area contributed by atoms with Crippen molar-refractivity contribution in [1.29, 1.82) is 0 Å². The summed E-state index contributed by atoms with van der Waals surface area (Å²) in [5, 5.41) is 9.10. The van der Waals surface area contributed by atoms with E-state index in [0.717, 1.165) is 29.7 Å². The number of hydrogen-bond donors (Lipinski definition) is 1. The van der Waals surface area contributed by atoms with Gasteiger partial charge in [-0.2, -0.15) is 0 Å². The highest BCUT2D eigenvalue weighted by Gasteiger charge is 2.17. The van der Waals surface area contributed by atoms with Gasteiger partial charge in [-0.1, -0.05) is 27.2 Å². The van der Waals surface area contributed by atoms with Crippen molar-refractivity contribution < 1.29 is 9.90 Å². The average molecular weight is 288 g/mol. The summed E-state index contributed by atoms with van der Waals surface area (Å²) >= 11 is 0. The average Bonchev–Trinajstić information content (AvgIpc) is 2.84. The number of aryl methyl sites for hydroxylation is 1. The van der Waals surface area contributed by atoms with Crippen molar-refractivity contribution in [1.82, 2.24) is 9.55 Å². The van der Waals surface area contributed by atoms with Crippen LogP contribution in [0, 0.1) is 5.92 Å². The summed E-state index contributed by atoms with van der Waals surface area (Å²) in [7, 11) is 0. The Morgan fingerprint density at radius 3 is 2.62 bits per heavy atom. The van der Waals surface area contributed by atoms with Crippen LogP contribution in [0.2, 0.25) is 0 Å². The number of carboxylic acid groups (broad SMARTS) is 1. The number of imidazole rings is 1. The van der Waals surface area contributed by atoms with Crippen LogP contribution in [0.4, 0.5) is 0 Å². The van der Waals surface area contributed by atoms with E-state index in [1.807, 2.05) is 6.07 Å². The van der Waals surface area contributed by atoms with Gasteiger partial charge < -0.3 is 9.67 Å². The number of hydrogen-bond acceptors (Lipinski definition) is 2. The highest BCUT2D eigenvalue weighted by atomic mass is 16.4. The van der Waals surface area contributed by atoms with Crippen molar-refractivity contribution in [2.24, 2.45) is 5.92 Å². The highest BCUT2D eigenvalue weighted by Crippen LogP contribution is 2.27. The lowest BCUT2D eigenvalue weighted by Crippen LogP contribution is -2.12. The Hall–Kier alpha value is -1.84. The fraction of sp³-hybridized carbons (Fsp3) is 0.529. The molecule has 21 heavy (non-hydrogen) atoms. The summed E-state index contributed by atoms with van der Waals surface area (Å²) in [5.74, 6) is 0.793. The Kier molecular flexibility index (Phi) is 4.66. The predicted molar refractivity (Wildman–Crippen MR) is 84.9 cm³/mol. The molecule has 0 bridgehead atoms. The molecule has 0 aliphatic rings. The molecule has 1 aromatic heterocycles. The lowest BCUT2D eigenvalue weighted by atomic mass is 10.00. The fourth-order valence-electron chi connectivity index (χ4n) is 2.88. The van der Waals surface area contributed by atoms with E-state index in [4.69, 9.17) is 5.11 Å². The van der Waals surface area contributed by atoms with E-state index in [0.29, 0.717) is 17.5 Å². The number of aromatic nitrogens is 2. The van der Waals surface area contributed by atoms with E-state index in [2.05, 4.69) is 37.2 Å². The Labute approximate surface area is 125 Å². The Morgan fingerprint density at radius 1 is 1.33 bits per heavy atom. The maximum atomic E-state index is 11.1. The van der Waals surface area contributed by atoms with E-state index >= 15 is 0 Å². The number of carboxylic acids is 1. The monoisotopic (exact) mass is 288 g/mol. The summed E-state index contributed by atoms with van der Waals surface area (Å²) < 4.78 is 2.27. The number of nitrogens with zero attached hydrogens (tertiary/aromatic N) is 2. The van der Waals surface area contributed by atoms with Gasteiger partial charge in [-0.15, -0.1) is 0 Å². The van der Waals surface area contributed by atoms with E-state index in [9.17, 15) is 4.79 Å². The van der Waals surface area contributed by atoms with E-state index in [-0.39, 0.29) is 0 Å². The van der Waals surface area contributed by atoms with Crippen molar-refractivity contribution in [3.8, 4) is 0 Å². The Bertz CT molecular complexity index is 646. The fourth-order valence-corrected chi connectivity index (χ4v) is 2.88. The lowest BCUT2D eigenvalue weighted by molar-refractivity contribution is 0.0697. The van der Waals surface area contributed by atoms with Gasteiger partial charge in [0.1, 0.15) is 5.82 Å². The summed E-state index contributed by atoms with van der Waals surface area (Å²) in [4.78, 5) is 15.7. The number of rotatable bonds is 6. The molecule has 2 atom stereocenters. The SMILES string of the molecule is CCc1nc2cc(C(=O)O)ccc2n1C(C)CC(C)CC. The van der Waals surface area contributed by atoms with Crippen molar-refractivity contribution in [2.45, 2.75) is 53.0 Å². The second-order valence-corrected chi connectivity index (χ2v) is 5.86. The molecule has 1 aromatic carbocycles. The third-order valence-electron chi connectivity index (χ3n) is 4.21. The quantitative estimate of drug-likeness (QED) is 0.862. The molecule has 114 valence electrons.